The number of nitrogens with one attached hydrogen (secondary N) is 2. The van der Waals surface area contributed by atoms with E-state index in [2.05, 4.69) is 27.8 Å². The van der Waals surface area contributed by atoms with Gasteiger partial charge in [0, 0.05) is 23.6 Å². The molecular formula is C21H22N4O2S. The Morgan fingerprint density at radius 3 is 2.61 bits per heavy atom. The maximum Gasteiger partial charge on any atom is 0.221 e. The van der Waals surface area contributed by atoms with Crippen LogP contribution < -0.4 is 15.5 Å². The number of benzene rings is 2. The van der Waals surface area contributed by atoms with Gasteiger partial charge in [-0.05, 0) is 48.4 Å². The van der Waals surface area contributed by atoms with E-state index in [1.54, 1.807) is 6.21 Å². The van der Waals surface area contributed by atoms with Gasteiger partial charge < -0.3 is 10.1 Å². The molecule has 0 radical (unpaired) electrons. The average molecular weight is 395 g/mol. The van der Waals surface area contributed by atoms with Gasteiger partial charge in [-0.1, -0.05) is 19.1 Å². The number of nitrogens with zero attached hydrogens (tertiary/aromatic N) is 2. The van der Waals surface area contributed by atoms with E-state index in [4.69, 9.17) is 4.74 Å². The van der Waals surface area contributed by atoms with Crippen LogP contribution in [0.1, 0.15) is 25.8 Å². The van der Waals surface area contributed by atoms with E-state index in [0.717, 1.165) is 41.3 Å². The summed E-state index contributed by atoms with van der Waals surface area (Å²) in [6, 6.07) is 15.3. The zero-order valence-corrected chi connectivity index (χ0v) is 16.6. The molecule has 0 saturated heterocycles. The Labute approximate surface area is 168 Å². The van der Waals surface area contributed by atoms with Crippen LogP contribution in [0.2, 0.25) is 0 Å². The van der Waals surface area contributed by atoms with Gasteiger partial charge >= 0.3 is 0 Å². The first-order valence-electron chi connectivity index (χ1n) is 8.99. The van der Waals surface area contributed by atoms with Gasteiger partial charge in [0.2, 0.25) is 11.0 Å². The Balaban J connectivity index is 1.57. The highest BCUT2D eigenvalue weighted by molar-refractivity contribution is 7.14. The van der Waals surface area contributed by atoms with Crippen LogP contribution in [0.5, 0.6) is 5.75 Å². The lowest BCUT2D eigenvalue weighted by Crippen LogP contribution is -2.05. The van der Waals surface area contributed by atoms with Crippen molar-refractivity contribution in [3.8, 4) is 17.0 Å². The highest BCUT2D eigenvalue weighted by Gasteiger charge is 2.04. The molecule has 0 unspecified atom stereocenters. The number of amides is 1. The third-order valence-corrected chi connectivity index (χ3v) is 4.48. The van der Waals surface area contributed by atoms with E-state index >= 15 is 0 Å². The van der Waals surface area contributed by atoms with E-state index in [9.17, 15) is 4.79 Å². The molecule has 6 nitrogen and oxygen atoms in total. The monoisotopic (exact) mass is 394 g/mol. The standard InChI is InChI=1S/C21H22N4O2S/c1-3-12-27-19-10-4-16(5-11-19)13-22-25-21-24-20(14-28-21)17-6-8-18(9-7-17)23-15(2)26/h4-11,13-14H,3,12H2,1-2H3,(H,23,26)(H,24,25)/b22-13-. The first kappa shape index (κ1) is 19.6. The molecule has 1 aromatic heterocycles. The van der Waals surface area contributed by atoms with Crippen LogP contribution >= 0.6 is 11.3 Å². The minimum absolute atomic E-state index is 0.0890. The van der Waals surface area contributed by atoms with Crippen LogP contribution in [0.3, 0.4) is 0 Å². The van der Waals surface area contributed by atoms with E-state index in [0.29, 0.717) is 5.13 Å². The normalized spacial score (nSPS) is 10.8. The lowest BCUT2D eigenvalue weighted by Gasteiger charge is -2.03. The SMILES string of the molecule is CCCOc1ccc(/C=N\Nc2nc(-c3ccc(NC(C)=O)cc3)cs2)cc1. The van der Waals surface area contributed by atoms with Crippen molar-refractivity contribution < 1.29 is 9.53 Å². The largest absolute Gasteiger partial charge is 0.494 e. The number of hydrogen-bond donors (Lipinski definition) is 2. The summed E-state index contributed by atoms with van der Waals surface area (Å²) in [5.74, 6) is 0.773. The number of hydrazone groups is 1. The van der Waals surface area contributed by atoms with Crippen molar-refractivity contribution in [3.05, 3.63) is 59.5 Å². The van der Waals surface area contributed by atoms with Crippen molar-refractivity contribution >= 4 is 34.3 Å². The smallest absolute Gasteiger partial charge is 0.221 e. The summed E-state index contributed by atoms with van der Waals surface area (Å²) in [6.45, 7) is 4.29. The number of ether oxygens (including phenoxy) is 1. The summed E-state index contributed by atoms with van der Waals surface area (Å²) in [4.78, 5) is 15.6. The van der Waals surface area contributed by atoms with Crippen LogP contribution in [-0.2, 0) is 4.79 Å². The zero-order chi connectivity index (χ0) is 19.8. The Morgan fingerprint density at radius 1 is 1.18 bits per heavy atom. The summed E-state index contributed by atoms with van der Waals surface area (Å²) in [6.07, 6.45) is 2.73. The molecule has 0 aliphatic heterocycles. The number of hydrogen-bond acceptors (Lipinski definition) is 6. The molecule has 0 atom stereocenters. The third-order valence-electron chi connectivity index (χ3n) is 3.73. The summed E-state index contributed by atoms with van der Waals surface area (Å²) in [7, 11) is 0. The molecular weight excluding hydrogens is 372 g/mol. The molecule has 0 aliphatic rings. The van der Waals surface area contributed by atoms with E-state index in [1.165, 1.54) is 18.3 Å². The van der Waals surface area contributed by atoms with Crippen LogP contribution in [0, 0.1) is 0 Å². The quantitative estimate of drug-likeness (QED) is 0.416. The van der Waals surface area contributed by atoms with Crippen molar-refractivity contribution in [2.24, 2.45) is 5.10 Å². The highest BCUT2D eigenvalue weighted by Crippen LogP contribution is 2.26. The van der Waals surface area contributed by atoms with Crippen molar-refractivity contribution in [1.82, 2.24) is 4.98 Å². The van der Waals surface area contributed by atoms with Gasteiger partial charge in [-0.3, -0.25) is 10.2 Å². The molecule has 7 heteroatoms. The summed E-state index contributed by atoms with van der Waals surface area (Å²) < 4.78 is 5.57. The molecule has 1 heterocycles. The van der Waals surface area contributed by atoms with Crippen molar-refractivity contribution in [2.45, 2.75) is 20.3 Å². The van der Waals surface area contributed by atoms with Gasteiger partial charge in [-0.2, -0.15) is 5.10 Å². The summed E-state index contributed by atoms with van der Waals surface area (Å²) >= 11 is 1.48. The predicted octanol–water partition coefficient (Wildman–Crippen LogP) is 5.00. The minimum Gasteiger partial charge on any atom is -0.494 e. The second-order valence-electron chi connectivity index (χ2n) is 6.08. The van der Waals surface area contributed by atoms with Crippen LogP contribution in [0.4, 0.5) is 10.8 Å². The van der Waals surface area contributed by atoms with Crippen LogP contribution in [0.15, 0.2) is 59.0 Å². The molecule has 0 saturated carbocycles. The minimum atomic E-state index is -0.0890. The number of aromatic nitrogens is 1. The van der Waals surface area contributed by atoms with Gasteiger partial charge in [0.05, 0.1) is 18.5 Å². The molecule has 0 bridgehead atoms. The topological polar surface area (TPSA) is 75.6 Å². The lowest BCUT2D eigenvalue weighted by atomic mass is 10.1. The van der Waals surface area contributed by atoms with Crippen LogP contribution in [-0.4, -0.2) is 23.7 Å². The highest BCUT2D eigenvalue weighted by atomic mass is 32.1. The van der Waals surface area contributed by atoms with Crippen LogP contribution in [0.25, 0.3) is 11.3 Å². The average Bonchev–Trinajstić information content (AvgIpc) is 3.16. The number of rotatable bonds is 8. The van der Waals surface area contributed by atoms with Gasteiger partial charge in [0.25, 0.3) is 0 Å². The third kappa shape index (κ3) is 5.65. The molecule has 2 N–H and O–H groups in total. The molecule has 2 aromatic carbocycles. The zero-order valence-electron chi connectivity index (χ0n) is 15.8. The maximum atomic E-state index is 11.1. The second kappa shape index (κ2) is 9.66. The Morgan fingerprint density at radius 2 is 1.93 bits per heavy atom. The summed E-state index contributed by atoms with van der Waals surface area (Å²) in [5, 5.41) is 9.66. The van der Waals surface area contributed by atoms with Gasteiger partial charge in [-0.15, -0.1) is 11.3 Å². The number of carbonyl (C=O) groups excluding carboxylic acids is 1. The molecule has 28 heavy (non-hydrogen) atoms. The van der Waals surface area contributed by atoms with Gasteiger partial charge in [0.1, 0.15) is 5.75 Å². The molecule has 0 spiro atoms. The number of carbonyl (C=O) groups is 1. The first-order chi connectivity index (χ1) is 13.6. The molecule has 0 fully saturated rings. The number of anilines is 2. The molecule has 144 valence electrons. The van der Waals surface area contributed by atoms with E-state index < -0.39 is 0 Å². The summed E-state index contributed by atoms with van der Waals surface area (Å²) in [5.41, 5.74) is 6.53. The molecule has 1 amide bonds. The maximum absolute atomic E-state index is 11.1. The van der Waals surface area contributed by atoms with E-state index in [-0.39, 0.29) is 5.91 Å². The van der Waals surface area contributed by atoms with Crippen molar-refractivity contribution in [2.75, 3.05) is 17.3 Å². The van der Waals surface area contributed by atoms with Gasteiger partial charge in [0.15, 0.2) is 0 Å². The van der Waals surface area contributed by atoms with Gasteiger partial charge in [-0.25, -0.2) is 4.98 Å². The Kier molecular flexibility index (Phi) is 6.75. The van der Waals surface area contributed by atoms with E-state index in [1.807, 2.05) is 53.9 Å². The predicted molar refractivity (Wildman–Crippen MR) is 115 cm³/mol. The lowest BCUT2D eigenvalue weighted by molar-refractivity contribution is -0.114. The first-order valence-corrected chi connectivity index (χ1v) is 9.87. The Bertz CT molecular complexity index is 934. The second-order valence-corrected chi connectivity index (χ2v) is 6.94. The van der Waals surface area contributed by atoms with Crippen molar-refractivity contribution in [1.29, 1.82) is 0 Å². The van der Waals surface area contributed by atoms with Crippen molar-refractivity contribution in [3.63, 3.8) is 0 Å². The Hall–Kier alpha value is -3.19. The fourth-order valence-electron chi connectivity index (χ4n) is 2.42. The fraction of sp³-hybridized carbons (Fsp3) is 0.190. The fourth-order valence-corrected chi connectivity index (χ4v) is 3.09. The molecule has 3 aromatic rings. The molecule has 3 rings (SSSR count). The molecule has 0 aliphatic carbocycles. The number of thiazole rings is 1.